The van der Waals surface area contributed by atoms with E-state index in [0.29, 0.717) is 33.8 Å². The molecule has 0 aliphatic carbocycles. The van der Waals surface area contributed by atoms with Gasteiger partial charge in [-0.25, -0.2) is 9.78 Å². The van der Waals surface area contributed by atoms with E-state index in [1.807, 2.05) is 12.1 Å². The normalized spacial score (nSPS) is 17.4. The molecule has 1 fully saturated rings. The summed E-state index contributed by atoms with van der Waals surface area (Å²) in [5, 5.41) is 15.3. The topological polar surface area (TPSA) is 134 Å². The molecule has 0 spiro atoms. The second kappa shape index (κ2) is 10.1. The molecule has 2 aliphatic heterocycles. The van der Waals surface area contributed by atoms with Crippen LogP contribution in [0.3, 0.4) is 0 Å². The predicted molar refractivity (Wildman–Crippen MR) is 149 cm³/mol. The second-order valence-electron chi connectivity index (χ2n) is 9.63. The Labute approximate surface area is 235 Å². The number of ether oxygens (including phenoxy) is 1. The fraction of sp³-hybridized carbons (Fsp3) is 0.129. The van der Waals surface area contributed by atoms with Crippen LogP contribution in [-0.2, 0) is 11.3 Å². The summed E-state index contributed by atoms with van der Waals surface area (Å²) in [6.45, 7) is 0.138. The highest BCUT2D eigenvalue weighted by Crippen LogP contribution is 2.31. The van der Waals surface area contributed by atoms with E-state index in [4.69, 9.17) is 4.74 Å². The van der Waals surface area contributed by atoms with Gasteiger partial charge in [0.2, 0.25) is 5.54 Å². The van der Waals surface area contributed by atoms with E-state index in [9.17, 15) is 19.5 Å². The van der Waals surface area contributed by atoms with Crippen molar-refractivity contribution in [2.24, 2.45) is 0 Å². The summed E-state index contributed by atoms with van der Waals surface area (Å²) < 4.78 is 5.23. The molecule has 2 aliphatic rings. The van der Waals surface area contributed by atoms with Crippen LogP contribution in [0.5, 0.6) is 11.5 Å². The molecule has 41 heavy (non-hydrogen) atoms. The summed E-state index contributed by atoms with van der Waals surface area (Å²) >= 11 is 0. The van der Waals surface area contributed by atoms with Gasteiger partial charge in [-0.05, 0) is 54.1 Å². The van der Waals surface area contributed by atoms with Crippen LogP contribution in [0.4, 0.5) is 4.79 Å². The molecule has 0 radical (unpaired) electrons. The van der Waals surface area contributed by atoms with Crippen LogP contribution >= 0.6 is 0 Å². The average Bonchev–Trinajstić information content (AvgIpc) is 3.46. The molecular weight excluding hydrogens is 522 g/mol. The van der Waals surface area contributed by atoms with Crippen molar-refractivity contribution in [3.63, 3.8) is 0 Å². The minimum atomic E-state index is -1.63. The van der Waals surface area contributed by atoms with Crippen molar-refractivity contribution in [1.29, 1.82) is 0 Å². The number of imide groups is 1. The number of benzene rings is 2. The van der Waals surface area contributed by atoms with Crippen LogP contribution in [0.25, 0.3) is 22.5 Å². The molecule has 2 aromatic carbocycles. The summed E-state index contributed by atoms with van der Waals surface area (Å²) in [7, 11) is 1.52. The molecule has 4 aromatic rings. The Morgan fingerprint density at radius 3 is 2.49 bits per heavy atom. The number of carbonyl (C=O) groups excluding carboxylic acids is 3. The summed E-state index contributed by atoms with van der Waals surface area (Å²) in [6, 6.07) is 18.5. The standard InChI is InChI=1S/C31H23N5O5/c1-41-23-7-6-22-17-36(28(38)24(22)16-23)18-31(29(39)34-30(40)35-31)13-10-19-2-4-21(5-3-19)27-26(37)9-8-25(33-27)20-11-14-32-15-12-20/h2-9,11-12,14-16,37H,17-18H2,1H3,(H2,34,35,39,40)/t31-/m1/s1. The third-order valence-corrected chi connectivity index (χ3v) is 6.99. The zero-order valence-corrected chi connectivity index (χ0v) is 21.8. The minimum absolute atomic E-state index is 0.0276. The molecule has 4 heterocycles. The average molecular weight is 546 g/mol. The molecule has 10 nitrogen and oxygen atoms in total. The first kappa shape index (κ1) is 25.6. The lowest BCUT2D eigenvalue weighted by molar-refractivity contribution is -0.122. The molecule has 202 valence electrons. The van der Waals surface area contributed by atoms with Gasteiger partial charge >= 0.3 is 6.03 Å². The Bertz CT molecular complexity index is 1760. The van der Waals surface area contributed by atoms with Crippen LogP contribution < -0.4 is 15.4 Å². The third kappa shape index (κ3) is 4.81. The zero-order chi connectivity index (χ0) is 28.6. The van der Waals surface area contributed by atoms with Crippen molar-refractivity contribution in [3.8, 4) is 45.9 Å². The van der Waals surface area contributed by atoms with Crippen molar-refractivity contribution < 1.29 is 24.2 Å². The van der Waals surface area contributed by atoms with Crippen molar-refractivity contribution in [1.82, 2.24) is 25.5 Å². The first-order valence-electron chi connectivity index (χ1n) is 12.7. The first-order valence-corrected chi connectivity index (χ1v) is 12.7. The quantitative estimate of drug-likeness (QED) is 0.259. The maximum absolute atomic E-state index is 13.1. The number of amides is 4. The minimum Gasteiger partial charge on any atom is -0.506 e. The van der Waals surface area contributed by atoms with Gasteiger partial charge in [0, 0.05) is 41.2 Å². The summed E-state index contributed by atoms with van der Waals surface area (Å²) in [5.41, 5.74) is 2.84. The molecule has 0 bridgehead atoms. The van der Waals surface area contributed by atoms with E-state index in [0.717, 1.165) is 11.1 Å². The van der Waals surface area contributed by atoms with Crippen molar-refractivity contribution in [2.75, 3.05) is 13.7 Å². The van der Waals surface area contributed by atoms with Gasteiger partial charge in [-0.1, -0.05) is 30.0 Å². The zero-order valence-electron chi connectivity index (χ0n) is 21.8. The predicted octanol–water partition coefficient (Wildman–Crippen LogP) is 3.11. The van der Waals surface area contributed by atoms with Crippen molar-refractivity contribution in [2.45, 2.75) is 12.1 Å². The number of nitrogens with zero attached hydrogens (tertiary/aromatic N) is 3. The van der Waals surface area contributed by atoms with Gasteiger partial charge in [-0.15, -0.1) is 0 Å². The number of aromatic hydroxyl groups is 1. The molecular formula is C31H23N5O5. The second-order valence-corrected chi connectivity index (χ2v) is 9.63. The van der Waals surface area contributed by atoms with E-state index in [2.05, 4.69) is 32.4 Å². The fourth-order valence-corrected chi connectivity index (χ4v) is 4.85. The number of hydrogen-bond donors (Lipinski definition) is 3. The molecule has 1 saturated heterocycles. The van der Waals surface area contributed by atoms with Crippen molar-refractivity contribution >= 4 is 17.8 Å². The van der Waals surface area contributed by atoms with Gasteiger partial charge in [0.1, 0.15) is 17.2 Å². The monoisotopic (exact) mass is 545 g/mol. The highest BCUT2D eigenvalue weighted by Gasteiger charge is 2.48. The van der Waals surface area contributed by atoms with Crippen LogP contribution in [-0.4, -0.2) is 57.0 Å². The van der Waals surface area contributed by atoms with Crippen LogP contribution in [0.15, 0.2) is 79.1 Å². The summed E-state index contributed by atoms with van der Waals surface area (Å²) in [4.78, 5) is 48.3. The van der Waals surface area contributed by atoms with Crippen LogP contribution in [0, 0.1) is 11.8 Å². The number of urea groups is 1. The fourth-order valence-electron chi connectivity index (χ4n) is 4.85. The number of pyridine rings is 2. The Balaban J connectivity index is 1.26. The van der Waals surface area contributed by atoms with Crippen molar-refractivity contribution in [3.05, 3.63) is 95.8 Å². The summed E-state index contributed by atoms with van der Waals surface area (Å²) in [5.74, 6) is 5.54. The molecule has 4 amide bonds. The number of fused-ring (bicyclic) bond motifs is 1. The lowest BCUT2D eigenvalue weighted by atomic mass is 9.98. The number of hydrogen-bond acceptors (Lipinski definition) is 7. The van der Waals surface area contributed by atoms with E-state index in [-0.39, 0.29) is 24.7 Å². The Hall–Kier alpha value is -5.69. The Morgan fingerprint density at radius 2 is 1.78 bits per heavy atom. The highest BCUT2D eigenvalue weighted by molar-refractivity contribution is 6.10. The largest absolute Gasteiger partial charge is 0.506 e. The van der Waals surface area contributed by atoms with Gasteiger partial charge < -0.3 is 20.1 Å². The lowest BCUT2D eigenvalue weighted by Gasteiger charge is -2.26. The number of aromatic nitrogens is 2. The van der Waals surface area contributed by atoms with Gasteiger partial charge in [0.25, 0.3) is 11.8 Å². The number of nitrogens with one attached hydrogen (secondary N) is 2. The highest BCUT2D eigenvalue weighted by atomic mass is 16.5. The molecule has 1 atom stereocenters. The molecule has 0 unspecified atom stereocenters. The van der Waals surface area contributed by atoms with Gasteiger partial charge in [-0.3, -0.25) is 19.9 Å². The molecule has 0 saturated carbocycles. The number of rotatable bonds is 5. The van der Waals surface area contributed by atoms with Gasteiger partial charge in [-0.2, -0.15) is 0 Å². The smallest absolute Gasteiger partial charge is 0.323 e. The van der Waals surface area contributed by atoms with Gasteiger partial charge in [0.05, 0.1) is 19.3 Å². The lowest BCUT2D eigenvalue weighted by Crippen LogP contribution is -2.54. The number of methoxy groups -OCH3 is 1. The van der Waals surface area contributed by atoms with E-state index in [1.54, 1.807) is 67.0 Å². The molecule has 6 rings (SSSR count). The van der Waals surface area contributed by atoms with E-state index in [1.165, 1.54) is 12.0 Å². The van der Waals surface area contributed by atoms with Crippen LogP contribution in [0.1, 0.15) is 21.5 Å². The molecule has 3 N–H and O–H groups in total. The van der Waals surface area contributed by atoms with Gasteiger partial charge in [0.15, 0.2) is 0 Å². The maximum Gasteiger partial charge on any atom is 0.323 e. The SMILES string of the molecule is COc1ccc2c(c1)C(=O)N(C[C@@]1(C#Cc3ccc(-c4nc(-c5ccncc5)ccc4O)cc3)NC(=O)NC1=O)C2. The Morgan fingerprint density at radius 1 is 1.00 bits per heavy atom. The third-order valence-electron chi connectivity index (χ3n) is 6.99. The Kier molecular flexibility index (Phi) is 6.32. The van der Waals surface area contributed by atoms with E-state index < -0.39 is 17.5 Å². The first-order chi connectivity index (χ1) is 19.8. The van der Waals surface area contributed by atoms with Crippen LogP contribution in [0.2, 0.25) is 0 Å². The maximum atomic E-state index is 13.1. The van der Waals surface area contributed by atoms with E-state index >= 15 is 0 Å². The summed E-state index contributed by atoms with van der Waals surface area (Å²) in [6.07, 6.45) is 3.35. The molecule has 2 aromatic heterocycles. The number of carbonyl (C=O) groups is 3. The molecule has 10 heteroatoms.